The summed E-state index contributed by atoms with van der Waals surface area (Å²) >= 11 is 0. The van der Waals surface area contributed by atoms with Crippen molar-refractivity contribution >= 4 is 11.6 Å². The second-order valence-electron chi connectivity index (χ2n) is 4.33. The average Bonchev–Trinajstić information content (AvgIpc) is 2.97. The van der Waals surface area contributed by atoms with Crippen molar-refractivity contribution in [1.29, 1.82) is 0 Å². The van der Waals surface area contributed by atoms with Gasteiger partial charge >= 0.3 is 5.97 Å². The molecule has 0 saturated heterocycles. The van der Waals surface area contributed by atoms with Crippen molar-refractivity contribution < 1.29 is 14.3 Å². The van der Waals surface area contributed by atoms with Crippen LogP contribution in [-0.2, 0) is 4.74 Å². The van der Waals surface area contributed by atoms with E-state index in [1.165, 1.54) is 7.11 Å². The number of fused-ring (bicyclic) bond motifs is 1. The zero-order chi connectivity index (χ0) is 14.8. The molecule has 1 aromatic carbocycles. The van der Waals surface area contributed by atoms with Crippen molar-refractivity contribution in [3.05, 3.63) is 48.2 Å². The van der Waals surface area contributed by atoms with Crippen LogP contribution < -0.4 is 4.74 Å². The van der Waals surface area contributed by atoms with Crippen LogP contribution in [0, 0.1) is 0 Å². The van der Waals surface area contributed by atoms with Gasteiger partial charge in [0, 0.05) is 6.20 Å². The fraction of sp³-hybridized carbons (Fsp3) is 0.133. The predicted octanol–water partition coefficient (Wildman–Crippen LogP) is 2.19. The number of hydrogen-bond acceptors (Lipinski definition) is 5. The van der Waals surface area contributed by atoms with Crippen LogP contribution in [0.25, 0.3) is 17.0 Å². The summed E-state index contributed by atoms with van der Waals surface area (Å²) in [6.45, 7) is 0. The third-order valence-electron chi connectivity index (χ3n) is 3.19. The minimum atomic E-state index is -0.445. The van der Waals surface area contributed by atoms with Crippen LogP contribution >= 0.6 is 0 Å². The van der Waals surface area contributed by atoms with E-state index < -0.39 is 5.97 Å². The van der Waals surface area contributed by atoms with Crippen molar-refractivity contribution in [1.82, 2.24) is 14.6 Å². The number of aromatic nitrogens is 3. The lowest BCUT2D eigenvalue weighted by atomic mass is 10.2. The Morgan fingerprint density at radius 1 is 1.10 bits per heavy atom. The van der Waals surface area contributed by atoms with E-state index in [-0.39, 0.29) is 0 Å². The van der Waals surface area contributed by atoms with Gasteiger partial charge in [-0.3, -0.25) is 4.40 Å². The molecule has 2 aromatic heterocycles. The molecular weight excluding hydrogens is 270 g/mol. The van der Waals surface area contributed by atoms with E-state index in [9.17, 15) is 4.79 Å². The highest BCUT2D eigenvalue weighted by Gasteiger charge is 2.17. The summed E-state index contributed by atoms with van der Waals surface area (Å²) in [5.41, 5.74) is 1.62. The summed E-state index contributed by atoms with van der Waals surface area (Å²) in [7, 11) is 2.94. The van der Waals surface area contributed by atoms with Crippen molar-refractivity contribution in [2.45, 2.75) is 0 Å². The molecule has 6 heteroatoms. The van der Waals surface area contributed by atoms with E-state index in [4.69, 9.17) is 9.47 Å². The van der Waals surface area contributed by atoms with E-state index in [1.807, 2.05) is 24.3 Å². The maximum atomic E-state index is 11.8. The first-order valence-electron chi connectivity index (χ1n) is 6.31. The Morgan fingerprint density at radius 3 is 2.67 bits per heavy atom. The van der Waals surface area contributed by atoms with Gasteiger partial charge in [-0.25, -0.2) is 4.79 Å². The Hall–Kier alpha value is -2.89. The van der Waals surface area contributed by atoms with Crippen LogP contribution in [0.15, 0.2) is 42.6 Å². The van der Waals surface area contributed by atoms with Crippen LogP contribution in [-0.4, -0.2) is 34.8 Å². The van der Waals surface area contributed by atoms with E-state index in [0.717, 1.165) is 5.56 Å². The largest absolute Gasteiger partial charge is 0.496 e. The van der Waals surface area contributed by atoms with Crippen LogP contribution in [0.3, 0.4) is 0 Å². The number of para-hydroxylation sites is 1. The first-order chi connectivity index (χ1) is 10.3. The highest BCUT2D eigenvalue weighted by Crippen LogP contribution is 2.28. The number of carbonyl (C=O) groups excluding carboxylic acids is 1. The van der Waals surface area contributed by atoms with Crippen molar-refractivity contribution in [3.63, 3.8) is 0 Å². The predicted molar refractivity (Wildman–Crippen MR) is 76.3 cm³/mol. The molecular formula is C15H13N3O3. The van der Waals surface area contributed by atoms with Gasteiger partial charge in [-0.05, 0) is 24.3 Å². The molecule has 0 amide bonds. The fourth-order valence-corrected chi connectivity index (χ4v) is 2.20. The number of hydrogen-bond donors (Lipinski definition) is 0. The lowest BCUT2D eigenvalue weighted by Gasteiger charge is -2.07. The number of methoxy groups -OCH3 is 2. The fourth-order valence-electron chi connectivity index (χ4n) is 2.20. The molecule has 0 spiro atoms. The lowest BCUT2D eigenvalue weighted by molar-refractivity contribution is 0.0602. The van der Waals surface area contributed by atoms with Crippen LogP contribution in [0.1, 0.15) is 10.4 Å². The Kier molecular flexibility index (Phi) is 3.27. The molecule has 0 aliphatic carbocycles. The number of esters is 1. The highest BCUT2D eigenvalue weighted by atomic mass is 16.5. The van der Waals surface area contributed by atoms with Crippen LogP contribution in [0.4, 0.5) is 0 Å². The zero-order valence-electron chi connectivity index (χ0n) is 11.6. The number of nitrogens with zero attached hydrogens (tertiary/aromatic N) is 3. The molecule has 0 N–H and O–H groups in total. The molecule has 0 aliphatic rings. The second kappa shape index (κ2) is 5.24. The lowest BCUT2D eigenvalue weighted by Crippen LogP contribution is -2.04. The molecule has 0 bridgehead atoms. The maximum absolute atomic E-state index is 11.8. The summed E-state index contributed by atoms with van der Waals surface area (Å²) in [6, 6.07) is 10.9. The second-order valence-corrected chi connectivity index (χ2v) is 4.33. The first kappa shape index (κ1) is 13.1. The summed E-state index contributed by atoms with van der Waals surface area (Å²) in [6.07, 6.45) is 1.80. The highest BCUT2D eigenvalue weighted by molar-refractivity contribution is 5.96. The monoisotopic (exact) mass is 283 g/mol. The Balaban J connectivity index is 2.24. The summed E-state index contributed by atoms with van der Waals surface area (Å²) in [5, 5.41) is 8.27. The van der Waals surface area contributed by atoms with Gasteiger partial charge in [-0.2, -0.15) is 0 Å². The third kappa shape index (κ3) is 2.10. The van der Waals surface area contributed by atoms with E-state index in [1.54, 1.807) is 29.8 Å². The van der Waals surface area contributed by atoms with Crippen LogP contribution in [0.2, 0.25) is 0 Å². The van der Waals surface area contributed by atoms with E-state index in [0.29, 0.717) is 22.8 Å². The molecule has 0 saturated carbocycles. The molecule has 106 valence electrons. The van der Waals surface area contributed by atoms with Gasteiger partial charge < -0.3 is 9.47 Å². The number of carbonyl (C=O) groups is 1. The number of ether oxygens (including phenoxy) is 2. The molecule has 0 unspecified atom stereocenters. The number of rotatable bonds is 3. The summed E-state index contributed by atoms with van der Waals surface area (Å²) in [4.78, 5) is 11.8. The van der Waals surface area contributed by atoms with Gasteiger partial charge in [0.1, 0.15) is 11.3 Å². The first-order valence-corrected chi connectivity index (χ1v) is 6.31. The molecule has 0 aliphatic heterocycles. The molecule has 2 heterocycles. The average molecular weight is 283 g/mol. The minimum Gasteiger partial charge on any atom is -0.496 e. The molecule has 21 heavy (non-hydrogen) atoms. The number of benzene rings is 1. The molecule has 0 fully saturated rings. The van der Waals surface area contributed by atoms with Crippen molar-refractivity contribution in [3.8, 4) is 17.1 Å². The molecule has 0 atom stereocenters. The Morgan fingerprint density at radius 2 is 1.90 bits per heavy atom. The molecule has 3 rings (SSSR count). The van der Waals surface area contributed by atoms with Crippen molar-refractivity contribution in [2.24, 2.45) is 0 Å². The van der Waals surface area contributed by atoms with E-state index >= 15 is 0 Å². The van der Waals surface area contributed by atoms with Crippen molar-refractivity contribution in [2.75, 3.05) is 14.2 Å². The van der Waals surface area contributed by atoms with Gasteiger partial charge in [0.2, 0.25) is 0 Å². The van der Waals surface area contributed by atoms with Crippen LogP contribution in [0.5, 0.6) is 5.75 Å². The molecule has 6 nitrogen and oxygen atoms in total. The SMILES string of the molecule is COC(=O)c1cccn2c(-c3ccccc3OC)nnc12. The number of pyridine rings is 1. The van der Waals surface area contributed by atoms with Gasteiger partial charge in [0.15, 0.2) is 11.5 Å². The van der Waals surface area contributed by atoms with Gasteiger partial charge in [-0.15, -0.1) is 10.2 Å². The molecule has 3 aromatic rings. The normalized spacial score (nSPS) is 10.6. The zero-order valence-corrected chi connectivity index (χ0v) is 11.6. The smallest absolute Gasteiger partial charge is 0.341 e. The van der Waals surface area contributed by atoms with Gasteiger partial charge in [-0.1, -0.05) is 12.1 Å². The standard InChI is InChI=1S/C15H13N3O3/c1-20-12-8-4-3-6-10(12)13-16-17-14-11(15(19)21-2)7-5-9-18(13)14/h3-9H,1-2H3. The Bertz CT molecular complexity index is 811. The summed E-state index contributed by atoms with van der Waals surface area (Å²) in [5.74, 6) is 0.850. The minimum absolute atomic E-state index is 0.369. The topological polar surface area (TPSA) is 65.7 Å². The maximum Gasteiger partial charge on any atom is 0.341 e. The van der Waals surface area contributed by atoms with Gasteiger partial charge in [0.25, 0.3) is 0 Å². The quantitative estimate of drug-likeness (QED) is 0.689. The molecule has 0 radical (unpaired) electrons. The summed E-state index contributed by atoms with van der Waals surface area (Å²) < 4.78 is 11.8. The van der Waals surface area contributed by atoms with E-state index in [2.05, 4.69) is 10.2 Å². The van der Waals surface area contributed by atoms with Gasteiger partial charge in [0.05, 0.1) is 19.8 Å². The third-order valence-corrected chi connectivity index (χ3v) is 3.19. The Labute approximate surface area is 120 Å².